The second kappa shape index (κ2) is 5.61. The Bertz CT molecular complexity index is 515. The van der Waals surface area contributed by atoms with Crippen molar-refractivity contribution in [3.8, 4) is 5.75 Å². The predicted molar refractivity (Wildman–Crippen MR) is 74.5 cm³/mol. The van der Waals surface area contributed by atoms with E-state index in [1.54, 1.807) is 30.1 Å². The van der Waals surface area contributed by atoms with E-state index in [4.69, 9.17) is 10.5 Å². The summed E-state index contributed by atoms with van der Waals surface area (Å²) < 4.78 is 17.3. The third kappa shape index (κ3) is 3.26. The van der Waals surface area contributed by atoms with E-state index in [0.29, 0.717) is 22.4 Å². The van der Waals surface area contributed by atoms with Crippen LogP contribution in [0.25, 0.3) is 0 Å². The molecule has 0 saturated heterocycles. The molecule has 0 radical (unpaired) electrons. The first-order valence-electron chi connectivity index (χ1n) is 6.10. The van der Waals surface area contributed by atoms with Crippen LogP contribution in [-0.2, 0) is 15.6 Å². The third-order valence-electron chi connectivity index (χ3n) is 3.21. The van der Waals surface area contributed by atoms with Gasteiger partial charge in [-0.3, -0.25) is 9.00 Å². The van der Waals surface area contributed by atoms with Crippen molar-refractivity contribution in [3.05, 3.63) is 18.2 Å². The molecule has 1 saturated carbocycles. The fourth-order valence-corrected chi connectivity index (χ4v) is 2.96. The minimum atomic E-state index is -1.44. The lowest BCUT2D eigenvalue weighted by Crippen LogP contribution is -2.32. The number of ether oxygens (including phenoxy) is 1. The van der Waals surface area contributed by atoms with Crippen molar-refractivity contribution in [1.82, 2.24) is 4.90 Å². The van der Waals surface area contributed by atoms with Crippen LogP contribution in [0.3, 0.4) is 0 Å². The molecule has 19 heavy (non-hydrogen) atoms. The summed E-state index contributed by atoms with van der Waals surface area (Å²) in [4.78, 5) is 14.1. The molecule has 1 amide bonds. The standard InChI is InChI=1S/C13H18N2O3S/c1-15(9-3-4-9)13(16)8-19(17)12-7-10(18-2)5-6-11(12)14/h5-7,9H,3-4,8,14H2,1-2H3. The molecule has 0 bridgehead atoms. The molecule has 1 atom stereocenters. The van der Waals surface area contributed by atoms with Gasteiger partial charge in [0.1, 0.15) is 11.5 Å². The summed E-state index contributed by atoms with van der Waals surface area (Å²) in [5, 5.41) is 0. The quantitative estimate of drug-likeness (QED) is 0.818. The van der Waals surface area contributed by atoms with Crippen LogP contribution < -0.4 is 10.5 Å². The molecule has 6 heteroatoms. The van der Waals surface area contributed by atoms with Crippen molar-refractivity contribution in [3.63, 3.8) is 0 Å². The van der Waals surface area contributed by atoms with E-state index in [-0.39, 0.29) is 11.7 Å². The van der Waals surface area contributed by atoms with Crippen molar-refractivity contribution in [1.29, 1.82) is 0 Å². The van der Waals surface area contributed by atoms with E-state index in [1.165, 1.54) is 7.11 Å². The van der Waals surface area contributed by atoms with Crippen molar-refractivity contribution >= 4 is 22.4 Å². The summed E-state index contributed by atoms with van der Waals surface area (Å²) in [6, 6.07) is 5.29. The first-order chi connectivity index (χ1) is 9.02. The smallest absolute Gasteiger partial charge is 0.235 e. The van der Waals surface area contributed by atoms with E-state index < -0.39 is 10.8 Å². The molecule has 1 aliphatic rings. The van der Waals surface area contributed by atoms with Crippen LogP contribution in [0.15, 0.2) is 23.1 Å². The Kier molecular flexibility index (Phi) is 4.09. The molecule has 1 aliphatic carbocycles. The first kappa shape index (κ1) is 13.9. The molecule has 5 nitrogen and oxygen atoms in total. The van der Waals surface area contributed by atoms with Crippen molar-refractivity contribution in [2.24, 2.45) is 0 Å². The summed E-state index contributed by atoms with van der Waals surface area (Å²) in [7, 11) is 1.85. The molecular formula is C13H18N2O3S. The zero-order valence-corrected chi connectivity index (χ0v) is 11.9. The van der Waals surface area contributed by atoms with Gasteiger partial charge >= 0.3 is 0 Å². The van der Waals surface area contributed by atoms with E-state index in [1.807, 2.05) is 0 Å². The number of hydrogen-bond acceptors (Lipinski definition) is 4. The largest absolute Gasteiger partial charge is 0.497 e. The van der Waals surface area contributed by atoms with E-state index in [9.17, 15) is 9.00 Å². The number of nitrogens with zero attached hydrogens (tertiary/aromatic N) is 1. The van der Waals surface area contributed by atoms with Gasteiger partial charge in [-0.1, -0.05) is 0 Å². The normalized spacial score (nSPS) is 15.9. The topological polar surface area (TPSA) is 72.6 Å². The SMILES string of the molecule is COc1ccc(N)c(S(=O)CC(=O)N(C)C2CC2)c1. The van der Waals surface area contributed by atoms with Gasteiger partial charge in [-0.15, -0.1) is 0 Å². The average molecular weight is 282 g/mol. The highest BCUT2D eigenvalue weighted by atomic mass is 32.2. The molecular weight excluding hydrogens is 264 g/mol. The number of benzene rings is 1. The number of nitrogens with two attached hydrogens (primary N) is 1. The lowest BCUT2D eigenvalue weighted by atomic mass is 10.3. The second-order valence-corrected chi connectivity index (χ2v) is 6.05. The summed E-state index contributed by atoms with van der Waals surface area (Å²) in [6.07, 6.45) is 2.08. The summed E-state index contributed by atoms with van der Waals surface area (Å²) >= 11 is 0. The number of rotatable bonds is 5. The minimum Gasteiger partial charge on any atom is -0.497 e. The monoisotopic (exact) mass is 282 g/mol. The van der Waals surface area contributed by atoms with Crippen LogP contribution in [0.1, 0.15) is 12.8 Å². The highest BCUT2D eigenvalue weighted by molar-refractivity contribution is 7.86. The van der Waals surface area contributed by atoms with Gasteiger partial charge in [-0.25, -0.2) is 0 Å². The van der Waals surface area contributed by atoms with Gasteiger partial charge in [0.15, 0.2) is 0 Å². The van der Waals surface area contributed by atoms with E-state index in [2.05, 4.69) is 0 Å². The molecule has 0 spiro atoms. The number of nitrogen functional groups attached to an aromatic ring is 1. The van der Waals surface area contributed by atoms with Crippen LogP contribution in [0.2, 0.25) is 0 Å². The zero-order chi connectivity index (χ0) is 14.0. The molecule has 2 N–H and O–H groups in total. The number of carbonyl (C=O) groups is 1. The summed E-state index contributed by atoms with van der Waals surface area (Å²) in [5.74, 6) is 0.438. The van der Waals surface area contributed by atoms with E-state index in [0.717, 1.165) is 12.8 Å². The predicted octanol–water partition coefficient (Wildman–Crippen LogP) is 1.01. The highest BCUT2D eigenvalue weighted by Gasteiger charge is 2.30. The molecule has 1 fully saturated rings. The Labute approximate surface area is 115 Å². The molecule has 104 valence electrons. The van der Waals surface area contributed by atoms with Crippen LogP contribution in [0, 0.1) is 0 Å². The van der Waals surface area contributed by atoms with Gasteiger partial charge in [0.25, 0.3) is 0 Å². The molecule has 1 aromatic rings. The Balaban J connectivity index is 2.08. The molecule has 0 heterocycles. The molecule has 0 aromatic heterocycles. The summed E-state index contributed by atoms with van der Waals surface area (Å²) in [5.41, 5.74) is 6.21. The maximum atomic E-state index is 12.2. The highest BCUT2D eigenvalue weighted by Crippen LogP contribution is 2.26. The average Bonchev–Trinajstić information content (AvgIpc) is 3.22. The summed E-state index contributed by atoms with van der Waals surface area (Å²) in [6.45, 7) is 0. The zero-order valence-electron chi connectivity index (χ0n) is 11.1. The lowest BCUT2D eigenvalue weighted by molar-refractivity contribution is -0.127. The number of amides is 1. The number of methoxy groups -OCH3 is 1. The Morgan fingerprint density at radius 2 is 2.21 bits per heavy atom. The van der Waals surface area contributed by atoms with Gasteiger partial charge in [0.2, 0.25) is 5.91 Å². The van der Waals surface area contributed by atoms with Crippen LogP contribution >= 0.6 is 0 Å². The number of anilines is 1. The molecule has 1 unspecified atom stereocenters. The van der Waals surface area contributed by atoms with Crippen molar-refractivity contribution < 1.29 is 13.7 Å². The van der Waals surface area contributed by atoms with Gasteiger partial charge in [-0.2, -0.15) is 0 Å². The van der Waals surface area contributed by atoms with Crippen LogP contribution in [0.4, 0.5) is 5.69 Å². The van der Waals surface area contributed by atoms with Crippen LogP contribution in [0.5, 0.6) is 5.75 Å². The third-order valence-corrected chi connectivity index (χ3v) is 4.56. The first-order valence-corrected chi connectivity index (χ1v) is 7.42. The van der Waals surface area contributed by atoms with Gasteiger partial charge in [0, 0.05) is 18.8 Å². The fraction of sp³-hybridized carbons (Fsp3) is 0.462. The van der Waals surface area contributed by atoms with Gasteiger partial charge < -0.3 is 15.4 Å². The number of carbonyl (C=O) groups excluding carboxylic acids is 1. The Morgan fingerprint density at radius 1 is 1.53 bits per heavy atom. The Morgan fingerprint density at radius 3 is 2.79 bits per heavy atom. The van der Waals surface area contributed by atoms with E-state index >= 15 is 0 Å². The maximum Gasteiger partial charge on any atom is 0.235 e. The number of hydrogen-bond donors (Lipinski definition) is 1. The van der Waals surface area contributed by atoms with Crippen molar-refractivity contribution in [2.45, 2.75) is 23.8 Å². The molecule has 2 rings (SSSR count). The molecule has 1 aromatic carbocycles. The van der Waals surface area contributed by atoms with Gasteiger partial charge in [0.05, 0.1) is 22.8 Å². The van der Waals surface area contributed by atoms with Crippen LogP contribution in [-0.4, -0.2) is 41.0 Å². The Hall–Kier alpha value is -1.56. The van der Waals surface area contributed by atoms with Crippen molar-refractivity contribution in [2.75, 3.05) is 25.6 Å². The molecule has 0 aliphatic heterocycles. The lowest BCUT2D eigenvalue weighted by Gasteiger charge is -2.16. The van der Waals surface area contributed by atoms with Gasteiger partial charge in [-0.05, 0) is 31.0 Å². The fourth-order valence-electron chi connectivity index (χ4n) is 1.80. The second-order valence-electron chi connectivity index (χ2n) is 4.63. The minimum absolute atomic E-state index is 0.0373. The maximum absolute atomic E-state index is 12.2.